The van der Waals surface area contributed by atoms with Crippen molar-refractivity contribution in [1.82, 2.24) is 4.90 Å². The van der Waals surface area contributed by atoms with Gasteiger partial charge >= 0.3 is 0 Å². The summed E-state index contributed by atoms with van der Waals surface area (Å²) in [6.07, 6.45) is 2.69. The molecule has 0 unspecified atom stereocenters. The molecule has 0 atom stereocenters. The molecule has 1 amide bonds. The first-order valence-electron chi connectivity index (χ1n) is 5.69. The van der Waals surface area contributed by atoms with Crippen LogP contribution in [0.3, 0.4) is 0 Å². The third-order valence-corrected chi connectivity index (χ3v) is 2.78. The maximum atomic E-state index is 11.4. The van der Waals surface area contributed by atoms with Crippen LogP contribution in [0.1, 0.15) is 12.5 Å². The van der Waals surface area contributed by atoms with Crippen LogP contribution in [0.2, 0.25) is 0 Å². The second-order valence-electron chi connectivity index (χ2n) is 4.44. The normalized spacial score (nSPS) is 14.2. The summed E-state index contributed by atoms with van der Waals surface area (Å²) < 4.78 is 0. The van der Waals surface area contributed by atoms with E-state index in [-0.39, 0.29) is 5.91 Å². The van der Waals surface area contributed by atoms with E-state index in [1.807, 2.05) is 36.0 Å². The number of anilines is 1. The lowest BCUT2D eigenvalue weighted by Crippen LogP contribution is -2.25. The Morgan fingerprint density at radius 1 is 1.47 bits per heavy atom. The number of rotatable bonds is 2. The Bertz CT molecular complexity index is 466. The number of hydrogen-bond donors (Lipinski definition) is 0. The molecule has 0 spiro atoms. The van der Waals surface area contributed by atoms with Crippen LogP contribution in [-0.4, -0.2) is 37.8 Å². The van der Waals surface area contributed by atoms with Gasteiger partial charge in [-0.05, 0) is 30.2 Å². The number of fused-ring (bicyclic) bond motifs is 1. The maximum Gasteiger partial charge on any atom is 0.223 e. The minimum Gasteiger partial charge on any atom is -0.369 e. The maximum absolute atomic E-state index is 11.4. The quantitative estimate of drug-likeness (QED) is 0.575. The van der Waals surface area contributed by atoms with E-state index in [0.717, 1.165) is 24.3 Å². The summed E-state index contributed by atoms with van der Waals surface area (Å²) in [7, 11) is 3.88. The van der Waals surface area contributed by atoms with Crippen molar-refractivity contribution in [3.05, 3.63) is 23.8 Å². The van der Waals surface area contributed by atoms with Crippen LogP contribution in [0, 0.1) is 0 Å². The molecule has 0 saturated carbocycles. The first kappa shape index (κ1) is 11.6. The van der Waals surface area contributed by atoms with Crippen LogP contribution < -0.4 is 4.90 Å². The third kappa shape index (κ3) is 2.46. The van der Waals surface area contributed by atoms with Gasteiger partial charge in [0.25, 0.3) is 0 Å². The number of carbonyl (C=O) groups excluding carboxylic acids is 1. The average molecular weight is 231 g/mol. The van der Waals surface area contributed by atoms with Crippen LogP contribution >= 0.6 is 0 Å². The lowest BCUT2D eigenvalue weighted by atomic mass is 10.1. The van der Waals surface area contributed by atoms with Crippen LogP contribution in [0.25, 0.3) is 0 Å². The number of aliphatic imine (C=N–C) groups is 1. The van der Waals surface area contributed by atoms with Crippen LogP contribution in [0.15, 0.2) is 23.2 Å². The summed E-state index contributed by atoms with van der Waals surface area (Å²) in [6, 6.07) is 5.98. The van der Waals surface area contributed by atoms with Gasteiger partial charge < -0.3 is 9.80 Å². The number of carbonyl (C=O) groups is 1. The van der Waals surface area contributed by atoms with Gasteiger partial charge in [-0.3, -0.25) is 4.79 Å². The number of benzene rings is 1. The molecule has 90 valence electrons. The largest absolute Gasteiger partial charge is 0.369 e. The van der Waals surface area contributed by atoms with Crippen molar-refractivity contribution in [2.24, 2.45) is 4.99 Å². The Balaban J connectivity index is 2.25. The lowest BCUT2D eigenvalue weighted by Gasteiger charge is -2.14. The van der Waals surface area contributed by atoms with Gasteiger partial charge in [0.2, 0.25) is 5.91 Å². The Kier molecular flexibility index (Phi) is 3.13. The fraction of sp³-hybridized carbons (Fsp3) is 0.385. The summed E-state index contributed by atoms with van der Waals surface area (Å²) in [4.78, 5) is 19.5. The highest BCUT2D eigenvalue weighted by Crippen LogP contribution is 2.31. The van der Waals surface area contributed by atoms with Crippen LogP contribution in [0.4, 0.5) is 11.4 Å². The molecule has 0 N–H and O–H groups in total. The van der Waals surface area contributed by atoms with Gasteiger partial charge in [-0.1, -0.05) is 0 Å². The van der Waals surface area contributed by atoms with Gasteiger partial charge in [0.1, 0.15) is 0 Å². The summed E-state index contributed by atoms with van der Waals surface area (Å²) in [5.41, 5.74) is 3.16. The predicted octanol–water partition coefficient (Wildman–Crippen LogP) is 1.82. The van der Waals surface area contributed by atoms with E-state index in [1.54, 1.807) is 13.3 Å². The molecule has 1 aliphatic heterocycles. The number of nitrogens with zero attached hydrogens (tertiary/aromatic N) is 3. The monoisotopic (exact) mass is 231 g/mol. The summed E-state index contributed by atoms with van der Waals surface area (Å²) in [5.74, 6) is 0.105. The Morgan fingerprint density at radius 3 is 2.88 bits per heavy atom. The first-order valence-corrected chi connectivity index (χ1v) is 5.69. The highest BCUT2D eigenvalue weighted by molar-refractivity contribution is 5.94. The minimum absolute atomic E-state index is 0.105. The molecule has 0 aliphatic carbocycles. The number of amides is 1. The van der Waals surface area contributed by atoms with E-state index < -0.39 is 0 Å². The van der Waals surface area contributed by atoms with E-state index >= 15 is 0 Å². The first-order chi connectivity index (χ1) is 8.08. The molecular formula is C13H17N3O. The molecular weight excluding hydrogens is 214 g/mol. The van der Waals surface area contributed by atoms with Crippen molar-refractivity contribution in [2.75, 3.05) is 25.5 Å². The summed E-state index contributed by atoms with van der Waals surface area (Å²) >= 11 is 0. The summed E-state index contributed by atoms with van der Waals surface area (Å²) in [6.45, 7) is 2.39. The van der Waals surface area contributed by atoms with E-state index in [0.29, 0.717) is 0 Å². The van der Waals surface area contributed by atoms with E-state index in [9.17, 15) is 4.79 Å². The molecule has 17 heavy (non-hydrogen) atoms. The zero-order valence-electron chi connectivity index (χ0n) is 10.5. The molecule has 0 saturated heterocycles. The van der Waals surface area contributed by atoms with Crippen molar-refractivity contribution >= 4 is 23.6 Å². The molecule has 0 bridgehead atoms. The zero-order chi connectivity index (χ0) is 12.4. The van der Waals surface area contributed by atoms with Crippen molar-refractivity contribution in [3.8, 4) is 0 Å². The molecule has 1 aliphatic rings. The van der Waals surface area contributed by atoms with Crippen molar-refractivity contribution < 1.29 is 4.79 Å². The van der Waals surface area contributed by atoms with Gasteiger partial charge in [0.15, 0.2) is 0 Å². The van der Waals surface area contributed by atoms with Crippen molar-refractivity contribution in [3.63, 3.8) is 0 Å². The smallest absolute Gasteiger partial charge is 0.223 e. The van der Waals surface area contributed by atoms with Gasteiger partial charge in [-0.15, -0.1) is 0 Å². The SMILES string of the molecule is CC(=O)N1CCc2cc(N=CN(C)C)ccc21. The molecule has 1 heterocycles. The molecule has 4 heteroatoms. The zero-order valence-corrected chi connectivity index (χ0v) is 10.5. The molecule has 1 aromatic carbocycles. The molecule has 4 nitrogen and oxygen atoms in total. The van der Waals surface area contributed by atoms with Gasteiger partial charge in [-0.2, -0.15) is 0 Å². The lowest BCUT2D eigenvalue weighted by molar-refractivity contribution is -0.116. The Morgan fingerprint density at radius 2 is 2.24 bits per heavy atom. The van der Waals surface area contributed by atoms with E-state index in [4.69, 9.17) is 0 Å². The fourth-order valence-electron chi connectivity index (χ4n) is 1.98. The van der Waals surface area contributed by atoms with Gasteiger partial charge in [-0.25, -0.2) is 4.99 Å². The van der Waals surface area contributed by atoms with Crippen molar-refractivity contribution in [1.29, 1.82) is 0 Å². The molecule has 2 rings (SSSR count). The van der Waals surface area contributed by atoms with Gasteiger partial charge in [0.05, 0.1) is 12.0 Å². The van der Waals surface area contributed by atoms with Crippen LogP contribution in [-0.2, 0) is 11.2 Å². The van der Waals surface area contributed by atoms with E-state index in [1.165, 1.54) is 5.56 Å². The van der Waals surface area contributed by atoms with E-state index in [2.05, 4.69) is 11.1 Å². The number of hydrogen-bond acceptors (Lipinski definition) is 2. The standard InChI is InChI=1S/C13H17N3O/c1-10(17)16-7-6-11-8-12(4-5-13(11)16)14-9-15(2)3/h4-5,8-9H,6-7H2,1-3H3. The Hall–Kier alpha value is -1.84. The second kappa shape index (κ2) is 4.57. The highest BCUT2D eigenvalue weighted by atomic mass is 16.2. The molecule has 0 fully saturated rings. The minimum atomic E-state index is 0.105. The average Bonchev–Trinajstić information content (AvgIpc) is 2.69. The fourth-order valence-corrected chi connectivity index (χ4v) is 1.98. The molecule has 0 aromatic heterocycles. The molecule has 1 aromatic rings. The second-order valence-corrected chi connectivity index (χ2v) is 4.44. The Labute approximate surface area is 102 Å². The van der Waals surface area contributed by atoms with Gasteiger partial charge in [0, 0.05) is 33.3 Å². The van der Waals surface area contributed by atoms with Crippen molar-refractivity contribution in [2.45, 2.75) is 13.3 Å². The topological polar surface area (TPSA) is 35.9 Å². The predicted molar refractivity (Wildman–Crippen MR) is 70.0 cm³/mol. The molecule has 0 radical (unpaired) electrons. The third-order valence-electron chi connectivity index (χ3n) is 2.78. The highest BCUT2D eigenvalue weighted by Gasteiger charge is 2.21. The van der Waals surface area contributed by atoms with Crippen LogP contribution in [0.5, 0.6) is 0 Å². The summed E-state index contributed by atoms with van der Waals surface area (Å²) in [5, 5.41) is 0.